The number of carbonyl (C=O) groups excluding carboxylic acids is 1. The lowest BCUT2D eigenvalue weighted by Crippen LogP contribution is -2.37. The molecule has 2 aromatic rings. The van der Waals surface area contributed by atoms with Crippen molar-refractivity contribution in [3.05, 3.63) is 52.4 Å². The average molecular weight is 460 g/mol. The number of hydrogen-bond donors (Lipinski definition) is 1. The van der Waals surface area contributed by atoms with Crippen LogP contribution in [-0.2, 0) is 29.0 Å². The van der Waals surface area contributed by atoms with Crippen molar-refractivity contribution in [3.8, 4) is 5.06 Å². The topological polar surface area (TPSA) is 63.3 Å². The minimum absolute atomic E-state index is 0.378. The number of fused-ring (bicyclic) bond motifs is 1. The van der Waals surface area contributed by atoms with Gasteiger partial charge in [-0.05, 0) is 42.9 Å². The maximum Gasteiger partial charge on any atom is 0.426 e. The van der Waals surface area contributed by atoms with Crippen molar-refractivity contribution in [2.45, 2.75) is 32.2 Å². The monoisotopic (exact) mass is 459 g/mol. The highest BCUT2D eigenvalue weighted by molar-refractivity contribution is 7.14. The number of nitrogens with one attached hydrogen (secondary N) is 1. The van der Waals surface area contributed by atoms with E-state index in [0.717, 1.165) is 70.2 Å². The van der Waals surface area contributed by atoms with Crippen LogP contribution in [0.2, 0.25) is 0 Å². The summed E-state index contributed by atoms with van der Waals surface area (Å²) < 4.78 is 11.4. The van der Waals surface area contributed by atoms with E-state index in [9.17, 15) is 4.79 Å². The summed E-state index contributed by atoms with van der Waals surface area (Å²) in [6.07, 6.45) is 3.34. The fourth-order valence-corrected chi connectivity index (χ4v) is 5.03. The molecule has 0 unspecified atom stereocenters. The summed E-state index contributed by atoms with van der Waals surface area (Å²) in [5.41, 5.74) is 2.48. The maximum atomic E-state index is 12.1. The largest absolute Gasteiger partial charge is 0.484 e. The molecule has 1 aromatic carbocycles. The van der Waals surface area contributed by atoms with Crippen molar-refractivity contribution < 1.29 is 19.1 Å². The van der Waals surface area contributed by atoms with Gasteiger partial charge in [0.15, 0.2) is 5.06 Å². The Hall–Kier alpha value is -2.13. The normalized spacial score (nSPS) is 17.0. The third-order valence-electron chi connectivity index (χ3n) is 5.74. The minimum Gasteiger partial charge on any atom is -0.484 e. The number of hydrogen-bond acceptors (Lipinski definition) is 7. The summed E-state index contributed by atoms with van der Waals surface area (Å²) in [6.45, 7) is 7.41. The number of ether oxygens (including phenoxy) is 2. The second-order valence-corrected chi connectivity index (χ2v) is 9.28. The van der Waals surface area contributed by atoms with Gasteiger partial charge in [0, 0.05) is 37.6 Å². The van der Waals surface area contributed by atoms with Gasteiger partial charge in [0.25, 0.3) is 0 Å². The SMILES string of the molecule is O=C(NCCCc1ccccc1)ON1CCc2sc(OCCCN3CCOCC3)cc2C1. The minimum atomic E-state index is -0.378. The number of aryl methyl sites for hydroxylation is 1. The summed E-state index contributed by atoms with van der Waals surface area (Å²) in [6, 6.07) is 12.4. The zero-order valence-electron chi connectivity index (χ0n) is 18.6. The zero-order chi connectivity index (χ0) is 22.0. The number of rotatable bonds is 10. The van der Waals surface area contributed by atoms with Crippen LogP contribution in [-0.4, -0.2) is 68.6 Å². The van der Waals surface area contributed by atoms with E-state index < -0.39 is 0 Å². The first-order valence-electron chi connectivity index (χ1n) is 11.6. The van der Waals surface area contributed by atoms with Crippen molar-refractivity contribution >= 4 is 17.4 Å². The lowest BCUT2D eigenvalue weighted by molar-refractivity contribution is -0.110. The van der Waals surface area contributed by atoms with Gasteiger partial charge in [-0.15, -0.1) is 16.4 Å². The Bertz CT molecular complexity index is 839. The van der Waals surface area contributed by atoms with E-state index in [4.69, 9.17) is 14.3 Å². The molecule has 0 bridgehead atoms. The maximum absolute atomic E-state index is 12.1. The van der Waals surface area contributed by atoms with Crippen molar-refractivity contribution in [2.75, 3.05) is 52.5 Å². The summed E-state index contributed by atoms with van der Waals surface area (Å²) in [5, 5.41) is 5.56. The van der Waals surface area contributed by atoms with Crippen molar-refractivity contribution in [1.82, 2.24) is 15.3 Å². The molecule has 1 fully saturated rings. The fraction of sp³-hybridized carbons (Fsp3) is 0.542. The van der Waals surface area contributed by atoms with Crippen LogP contribution in [0.5, 0.6) is 5.06 Å². The average Bonchev–Trinajstić information content (AvgIpc) is 3.23. The second-order valence-electron chi connectivity index (χ2n) is 8.18. The van der Waals surface area contributed by atoms with Gasteiger partial charge in [0.2, 0.25) is 0 Å². The van der Waals surface area contributed by atoms with Crippen LogP contribution < -0.4 is 10.1 Å². The molecule has 4 rings (SSSR count). The van der Waals surface area contributed by atoms with Crippen LogP contribution in [0.4, 0.5) is 4.79 Å². The Kier molecular flexibility index (Phi) is 8.79. The van der Waals surface area contributed by atoms with E-state index in [1.54, 1.807) is 16.4 Å². The highest BCUT2D eigenvalue weighted by Gasteiger charge is 2.22. The highest BCUT2D eigenvalue weighted by atomic mass is 32.1. The fourth-order valence-electron chi connectivity index (χ4n) is 3.99. The van der Waals surface area contributed by atoms with E-state index in [2.05, 4.69) is 28.4 Å². The molecule has 1 saturated heterocycles. The molecule has 1 N–H and O–H groups in total. The molecule has 1 aromatic heterocycles. The van der Waals surface area contributed by atoms with Crippen molar-refractivity contribution in [2.24, 2.45) is 0 Å². The van der Waals surface area contributed by atoms with Crippen molar-refractivity contribution in [1.29, 1.82) is 0 Å². The molecule has 0 radical (unpaired) electrons. The Morgan fingerprint density at radius 1 is 1.12 bits per heavy atom. The number of carbonyl (C=O) groups is 1. The third-order valence-corrected chi connectivity index (χ3v) is 6.89. The predicted molar refractivity (Wildman–Crippen MR) is 125 cm³/mol. The van der Waals surface area contributed by atoms with Crippen LogP contribution in [0.15, 0.2) is 36.4 Å². The first-order valence-corrected chi connectivity index (χ1v) is 12.4. The van der Waals surface area contributed by atoms with Crippen LogP contribution in [0, 0.1) is 0 Å². The van der Waals surface area contributed by atoms with Gasteiger partial charge < -0.3 is 19.6 Å². The number of benzene rings is 1. The molecule has 7 nitrogen and oxygen atoms in total. The molecular formula is C24H33N3O4S. The van der Waals surface area contributed by atoms with Gasteiger partial charge in [-0.2, -0.15) is 0 Å². The molecule has 174 valence electrons. The first kappa shape index (κ1) is 23.0. The van der Waals surface area contributed by atoms with E-state index >= 15 is 0 Å². The van der Waals surface area contributed by atoms with E-state index in [1.807, 2.05) is 18.2 Å². The number of amides is 1. The molecule has 8 heteroatoms. The number of hydroxylamine groups is 2. The van der Waals surface area contributed by atoms with Crippen LogP contribution in [0.25, 0.3) is 0 Å². The summed E-state index contributed by atoms with van der Waals surface area (Å²) >= 11 is 1.72. The molecule has 0 atom stereocenters. The Morgan fingerprint density at radius 2 is 1.97 bits per heavy atom. The van der Waals surface area contributed by atoms with Crippen LogP contribution in [0.3, 0.4) is 0 Å². The van der Waals surface area contributed by atoms with E-state index in [0.29, 0.717) is 19.6 Å². The van der Waals surface area contributed by atoms with Gasteiger partial charge in [-0.3, -0.25) is 4.90 Å². The molecular weight excluding hydrogens is 426 g/mol. The molecule has 2 aliphatic rings. The van der Waals surface area contributed by atoms with E-state index in [-0.39, 0.29) is 6.09 Å². The van der Waals surface area contributed by atoms with Crippen molar-refractivity contribution in [3.63, 3.8) is 0 Å². The van der Waals surface area contributed by atoms with Gasteiger partial charge in [-0.25, -0.2) is 4.79 Å². The molecule has 32 heavy (non-hydrogen) atoms. The molecule has 0 spiro atoms. The van der Waals surface area contributed by atoms with E-state index in [1.165, 1.54) is 16.0 Å². The number of nitrogens with zero attached hydrogens (tertiary/aromatic N) is 2. The Morgan fingerprint density at radius 3 is 2.81 bits per heavy atom. The molecule has 3 heterocycles. The molecule has 0 aliphatic carbocycles. The predicted octanol–water partition coefficient (Wildman–Crippen LogP) is 3.48. The first-order chi connectivity index (χ1) is 15.8. The Balaban J connectivity index is 1.12. The highest BCUT2D eigenvalue weighted by Crippen LogP contribution is 2.33. The number of thiophene rings is 1. The van der Waals surface area contributed by atoms with Gasteiger partial charge >= 0.3 is 6.09 Å². The van der Waals surface area contributed by atoms with Gasteiger partial charge in [0.05, 0.1) is 26.4 Å². The smallest absolute Gasteiger partial charge is 0.426 e. The zero-order valence-corrected chi connectivity index (χ0v) is 19.4. The standard InChI is InChI=1S/C24H33N3O4S/c28-24(25-10-4-8-20-6-2-1-3-7-20)31-27-12-9-22-21(19-27)18-23(32-22)30-15-5-11-26-13-16-29-17-14-26/h1-3,6-7,18H,4-5,8-17,19H2,(H,25,28). The Labute approximate surface area is 194 Å². The summed E-state index contributed by atoms with van der Waals surface area (Å²) in [5.74, 6) is 0. The number of morpholine rings is 1. The van der Waals surface area contributed by atoms with Crippen LogP contribution in [0.1, 0.15) is 28.8 Å². The summed E-state index contributed by atoms with van der Waals surface area (Å²) in [4.78, 5) is 21.4. The molecule has 0 saturated carbocycles. The lowest BCUT2D eigenvalue weighted by Gasteiger charge is -2.26. The van der Waals surface area contributed by atoms with Crippen LogP contribution >= 0.6 is 11.3 Å². The summed E-state index contributed by atoms with van der Waals surface area (Å²) in [7, 11) is 0. The van der Waals surface area contributed by atoms with Gasteiger partial charge in [-0.1, -0.05) is 30.3 Å². The van der Waals surface area contributed by atoms with Gasteiger partial charge in [0.1, 0.15) is 0 Å². The molecule has 2 aliphatic heterocycles. The molecule has 1 amide bonds. The lowest BCUT2D eigenvalue weighted by atomic mass is 10.1. The second kappa shape index (κ2) is 12.2. The third kappa shape index (κ3) is 7.20. The quantitative estimate of drug-likeness (QED) is 0.549.